The highest BCUT2D eigenvalue weighted by atomic mass is 32.1. The molecule has 0 aromatic carbocycles. The lowest BCUT2D eigenvalue weighted by Crippen LogP contribution is -2.28. The zero-order valence-corrected chi connectivity index (χ0v) is 12.8. The lowest BCUT2D eigenvalue weighted by atomic mass is 10.2. The Kier molecular flexibility index (Phi) is 4.58. The Bertz CT molecular complexity index is 773. The van der Waals surface area contributed by atoms with E-state index in [1.54, 1.807) is 18.2 Å². The molecule has 1 amide bonds. The van der Waals surface area contributed by atoms with Gasteiger partial charge in [0.25, 0.3) is 5.91 Å². The largest absolute Gasteiger partial charge is 0.467 e. The molecule has 23 heavy (non-hydrogen) atoms. The van der Waals surface area contributed by atoms with Gasteiger partial charge in [-0.05, 0) is 29.6 Å². The third-order valence-electron chi connectivity index (χ3n) is 3.01. The van der Waals surface area contributed by atoms with Crippen molar-refractivity contribution in [1.29, 1.82) is 0 Å². The van der Waals surface area contributed by atoms with E-state index in [-0.39, 0.29) is 18.9 Å². The van der Waals surface area contributed by atoms with E-state index in [0.717, 1.165) is 4.88 Å². The number of carbonyl (C=O) groups is 2. The molecule has 0 saturated heterocycles. The van der Waals surface area contributed by atoms with Crippen LogP contribution in [0.1, 0.15) is 16.3 Å². The van der Waals surface area contributed by atoms with E-state index < -0.39 is 11.9 Å². The molecule has 1 N–H and O–H groups in total. The van der Waals surface area contributed by atoms with Crippen molar-refractivity contribution in [3.63, 3.8) is 0 Å². The Hall–Kier alpha value is -2.80. The summed E-state index contributed by atoms with van der Waals surface area (Å²) >= 11 is 1.49. The predicted octanol–water partition coefficient (Wildman–Crippen LogP) is 3.07. The number of amides is 1. The van der Waals surface area contributed by atoms with Crippen LogP contribution in [0.5, 0.6) is 0 Å². The maximum absolute atomic E-state index is 12.0. The van der Waals surface area contributed by atoms with Crippen molar-refractivity contribution in [3.05, 3.63) is 59.8 Å². The van der Waals surface area contributed by atoms with Crippen LogP contribution >= 0.6 is 11.3 Å². The molecule has 0 aliphatic heterocycles. The Labute approximate surface area is 135 Å². The number of furan rings is 2. The third-order valence-corrected chi connectivity index (χ3v) is 3.91. The van der Waals surface area contributed by atoms with Crippen LogP contribution in [-0.2, 0) is 16.1 Å². The number of esters is 1. The SMILES string of the molecule is O=C(COC(=O)c1occc1-c1cccs1)NCc1ccco1. The average Bonchev–Trinajstić information content (AvgIpc) is 3.31. The van der Waals surface area contributed by atoms with E-state index in [9.17, 15) is 9.59 Å². The number of hydrogen-bond acceptors (Lipinski definition) is 6. The minimum atomic E-state index is -0.674. The molecule has 3 heterocycles. The third kappa shape index (κ3) is 3.70. The van der Waals surface area contributed by atoms with Gasteiger partial charge < -0.3 is 18.9 Å². The van der Waals surface area contributed by atoms with Gasteiger partial charge in [0.05, 0.1) is 19.1 Å². The van der Waals surface area contributed by atoms with E-state index in [0.29, 0.717) is 11.3 Å². The fourth-order valence-electron chi connectivity index (χ4n) is 1.94. The van der Waals surface area contributed by atoms with Gasteiger partial charge in [0.15, 0.2) is 6.61 Å². The van der Waals surface area contributed by atoms with E-state index >= 15 is 0 Å². The van der Waals surface area contributed by atoms with Crippen LogP contribution in [0.4, 0.5) is 0 Å². The predicted molar refractivity (Wildman–Crippen MR) is 82.9 cm³/mol. The monoisotopic (exact) mass is 331 g/mol. The molecule has 0 aliphatic rings. The number of hydrogen-bond donors (Lipinski definition) is 1. The van der Waals surface area contributed by atoms with Gasteiger partial charge in [-0.3, -0.25) is 4.79 Å². The van der Waals surface area contributed by atoms with Gasteiger partial charge in [0, 0.05) is 10.4 Å². The first-order valence-electron chi connectivity index (χ1n) is 6.81. The van der Waals surface area contributed by atoms with Crippen molar-refractivity contribution in [2.75, 3.05) is 6.61 Å². The Balaban J connectivity index is 1.54. The van der Waals surface area contributed by atoms with E-state index in [1.165, 1.54) is 23.9 Å². The second-order valence-corrected chi connectivity index (χ2v) is 5.52. The Morgan fingerprint density at radius 1 is 1.13 bits per heavy atom. The summed E-state index contributed by atoms with van der Waals surface area (Å²) < 4.78 is 15.3. The van der Waals surface area contributed by atoms with Crippen LogP contribution in [0.3, 0.4) is 0 Å². The zero-order valence-electron chi connectivity index (χ0n) is 12.0. The number of thiophene rings is 1. The molecule has 7 heteroatoms. The number of rotatable bonds is 6. The fraction of sp³-hybridized carbons (Fsp3) is 0.125. The highest BCUT2D eigenvalue weighted by Gasteiger charge is 2.19. The molecule has 0 radical (unpaired) electrons. The summed E-state index contributed by atoms with van der Waals surface area (Å²) in [7, 11) is 0. The molecular formula is C16H13NO5S. The zero-order chi connectivity index (χ0) is 16.1. The van der Waals surface area contributed by atoms with Gasteiger partial charge in [-0.25, -0.2) is 4.79 Å². The number of ether oxygens (including phenoxy) is 1. The minimum absolute atomic E-state index is 0.0892. The van der Waals surface area contributed by atoms with Crippen LogP contribution in [0.15, 0.2) is 57.1 Å². The second kappa shape index (κ2) is 6.97. The minimum Gasteiger partial charge on any atom is -0.467 e. The molecule has 0 saturated carbocycles. The molecule has 0 bridgehead atoms. The Morgan fingerprint density at radius 2 is 2.04 bits per heavy atom. The quantitative estimate of drug-likeness (QED) is 0.702. The topological polar surface area (TPSA) is 81.7 Å². The van der Waals surface area contributed by atoms with Gasteiger partial charge in [0.1, 0.15) is 5.76 Å². The Morgan fingerprint density at radius 3 is 2.78 bits per heavy atom. The smallest absolute Gasteiger partial charge is 0.375 e. The molecule has 118 valence electrons. The molecule has 6 nitrogen and oxygen atoms in total. The van der Waals surface area contributed by atoms with Crippen molar-refractivity contribution < 1.29 is 23.2 Å². The van der Waals surface area contributed by atoms with Crippen LogP contribution in [0, 0.1) is 0 Å². The number of carbonyl (C=O) groups excluding carboxylic acids is 2. The summed E-state index contributed by atoms with van der Waals surface area (Å²) in [4.78, 5) is 24.6. The van der Waals surface area contributed by atoms with Gasteiger partial charge in [0.2, 0.25) is 5.76 Å². The maximum atomic E-state index is 12.0. The highest BCUT2D eigenvalue weighted by molar-refractivity contribution is 7.13. The van der Waals surface area contributed by atoms with Crippen molar-refractivity contribution >= 4 is 23.2 Å². The van der Waals surface area contributed by atoms with Crippen molar-refractivity contribution in [1.82, 2.24) is 5.32 Å². The lowest BCUT2D eigenvalue weighted by Gasteiger charge is -2.05. The summed E-state index contributed by atoms with van der Waals surface area (Å²) in [6, 6.07) is 8.92. The first-order chi connectivity index (χ1) is 11.2. The summed E-state index contributed by atoms with van der Waals surface area (Å²) in [6.07, 6.45) is 2.94. The molecule has 3 rings (SSSR count). The van der Waals surface area contributed by atoms with Gasteiger partial charge in [-0.2, -0.15) is 0 Å². The fourth-order valence-corrected chi connectivity index (χ4v) is 2.69. The normalized spacial score (nSPS) is 10.4. The second-order valence-electron chi connectivity index (χ2n) is 4.57. The van der Waals surface area contributed by atoms with Gasteiger partial charge in [-0.15, -0.1) is 11.3 Å². The van der Waals surface area contributed by atoms with Crippen LogP contribution in [-0.4, -0.2) is 18.5 Å². The van der Waals surface area contributed by atoms with Gasteiger partial charge in [-0.1, -0.05) is 6.07 Å². The van der Waals surface area contributed by atoms with Crippen molar-refractivity contribution in [2.45, 2.75) is 6.54 Å². The standard InChI is InChI=1S/C16H13NO5S/c18-14(17-9-11-3-1-6-20-11)10-22-16(19)15-12(5-7-21-15)13-4-2-8-23-13/h1-8H,9-10H2,(H,17,18). The summed E-state index contributed by atoms with van der Waals surface area (Å²) in [6.45, 7) is -0.144. The maximum Gasteiger partial charge on any atom is 0.375 e. The van der Waals surface area contributed by atoms with Crippen molar-refractivity contribution in [3.8, 4) is 10.4 Å². The molecule has 3 aromatic heterocycles. The first-order valence-corrected chi connectivity index (χ1v) is 7.69. The molecule has 3 aromatic rings. The molecule has 0 atom stereocenters. The van der Waals surface area contributed by atoms with Crippen LogP contribution in [0.2, 0.25) is 0 Å². The molecule has 0 aliphatic carbocycles. The molecular weight excluding hydrogens is 318 g/mol. The molecule has 0 fully saturated rings. The average molecular weight is 331 g/mol. The highest BCUT2D eigenvalue weighted by Crippen LogP contribution is 2.29. The molecule has 0 spiro atoms. The summed E-state index contributed by atoms with van der Waals surface area (Å²) in [5.41, 5.74) is 0.654. The summed E-state index contributed by atoms with van der Waals surface area (Å²) in [5.74, 6) is -0.382. The first kappa shape index (κ1) is 15.1. The molecule has 0 unspecified atom stereocenters. The van der Waals surface area contributed by atoms with E-state index in [2.05, 4.69) is 5.32 Å². The van der Waals surface area contributed by atoms with E-state index in [1.807, 2.05) is 17.5 Å². The lowest BCUT2D eigenvalue weighted by molar-refractivity contribution is -0.124. The van der Waals surface area contributed by atoms with Crippen molar-refractivity contribution in [2.24, 2.45) is 0 Å². The van der Waals surface area contributed by atoms with Crippen LogP contribution in [0.25, 0.3) is 10.4 Å². The van der Waals surface area contributed by atoms with Gasteiger partial charge >= 0.3 is 5.97 Å². The van der Waals surface area contributed by atoms with Crippen LogP contribution < -0.4 is 5.32 Å². The summed E-state index contributed by atoms with van der Waals surface area (Å²) in [5, 5.41) is 4.49. The van der Waals surface area contributed by atoms with E-state index in [4.69, 9.17) is 13.6 Å². The number of nitrogens with one attached hydrogen (secondary N) is 1.